The molecule has 1 fully saturated rings. The third-order valence-corrected chi connectivity index (χ3v) is 4.20. The quantitative estimate of drug-likeness (QED) is 0.912. The van der Waals surface area contributed by atoms with Crippen molar-refractivity contribution < 1.29 is 17.7 Å². The van der Waals surface area contributed by atoms with Crippen molar-refractivity contribution in [2.45, 2.75) is 64.7 Å². The largest absolute Gasteiger partial charge is 0.391 e. The van der Waals surface area contributed by atoms with E-state index in [0.29, 0.717) is 12.8 Å². The molecule has 1 aliphatic carbocycles. The van der Waals surface area contributed by atoms with Gasteiger partial charge in [0, 0.05) is 17.6 Å². The van der Waals surface area contributed by atoms with E-state index >= 15 is 0 Å². The molecule has 1 aromatic heterocycles. The number of halogens is 3. The molecular formula is C14H21F3N2O. The molecule has 0 aromatic carbocycles. The van der Waals surface area contributed by atoms with Crippen LogP contribution in [0.3, 0.4) is 0 Å². The number of aryl methyl sites for hydroxylation is 2. The van der Waals surface area contributed by atoms with Gasteiger partial charge in [-0.05, 0) is 46.5 Å². The van der Waals surface area contributed by atoms with Crippen LogP contribution in [0.25, 0.3) is 0 Å². The first-order chi connectivity index (χ1) is 9.29. The predicted octanol–water partition coefficient (Wildman–Crippen LogP) is 4.06. The lowest BCUT2D eigenvalue weighted by molar-refractivity contribution is -0.182. The summed E-state index contributed by atoms with van der Waals surface area (Å²) in [6.07, 6.45) is -2.47. The van der Waals surface area contributed by atoms with Crippen molar-refractivity contribution in [1.82, 2.24) is 10.5 Å². The van der Waals surface area contributed by atoms with Gasteiger partial charge < -0.3 is 9.84 Å². The van der Waals surface area contributed by atoms with Gasteiger partial charge in [-0.25, -0.2) is 0 Å². The van der Waals surface area contributed by atoms with E-state index in [9.17, 15) is 13.2 Å². The summed E-state index contributed by atoms with van der Waals surface area (Å²) in [6, 6.07) is 0.186. The maximum absolute atomic E-state index is 12.6. The van der Waals surface area contributed by atoms with Crippen molar-refractivity contribution in [2.24, 2.45) is 5.92 Å². The van der Waals surface area contributed by atoms with E-state index < -0.39 is 12.1 Å². The maximum atomic E-state index is 12.6. The van der Waals surface area contributed by atoms with Crippen molar-refractivity contribution in [1.29, 1.82) is 0 Å². The standard InChI is InChI=1S/C14H21F3N2O/c1-8(13-9(2)19-20-10(13)3)18-12-6-4-11(5-7-12)14(15,16)17/h8,11-12,18H,4-7H2,1-3H3. The van der Waals surface area contributed by atoms with E-state index in [-0.39, 0.29) is 24.9 Å². The van der Waals surface area contributed by atoms with Crippen LogP contribution in [-0.2, 0) is 0 Å². The Labute approximate surface area is 116 Å². The first-order valence-electron chi connectivity index (χ1n) is 7.04. The lowest BCUT2D eigenvalue weighted by Gasteiger charge is -2.32. The van der Waals surface area contributed by atoms with E-state index in [4.69, 9.17) is 4.52 Å². The topological polar surface area (TPSA) is 38.1 Å². The van der Waals surface area contributed by atoms with Gasteiger partial charge in [0.05, 0.1) is 11.6 Å². The zero-order valence-electron chi connectivity index (χ0n) is 12.0. The van der Waals surface area contributed by atoms with Crippen LogP contribution in [0.5, 0.6) is 0 Å². The summed E-state index contributed by atoms with van der Waals surface area (Å²) >= 11 is 0. The molecule has 1 aromatic rings. The molecule has 114 valence electrons. The SMILES string of the molecule is Cc1noc(C)c1C(C)NC1CCC(C(F)(F)F)CC1. The van der Waals surface area contributed by atoms with E-state index in [0.717, 1.165) is 17.0 Å². The average Bonchev–Trinajstić information content (AvgIpc) is 2.68. The number of alkyl halides is 3. The average molecular weight is 290 g/mol. The number of rotatable bonds is 3. The molecule has 0 bridgehead atoms. The fourth-order valence-corrected chi connectivity index (χ4v) is 3.13. The van der Waals surface area contributed by atoms with Gasteiger partial charge in [-0.15, -0.1) is 0 Å². The first-order valence-corrected chi connectivity index (χ1v) is 7.04. The molecule has 1 heterocycles. The normalized spacial score (nSPS) is 25.7. The summed E-state index contributed by atoms with van der Waals surface area (Å²) < 4.78 is 43.0. The van der Waals surface area contributed by atoms with E-state index in [1.165, 1.54) is 0 Å². The maximum Gasteiger partial charge on any atom is 0.391 e. The molecule has 0 radical (unpaired) electrons. The van der Waals surface area contributed by atoms with Crippen LogP contribution < -0.4 is 5.32 Å². The Hall–Kier alpha value is -1.04. The second-order valence-electron chi connectivity index (χ2n) is 5.72. The molecule has 0 spiro atoms. The first kappa shape index (κ1) is 15.4. The van der Waals surface area contributed by atoms with Crippen molar-refractivity contribution >= 4 is 0 Å². The van der Waals surface area contributed by atoms with Gasteiger partial charge in [-0.3, -0.25) is 0 Å². The Morgan fingerprint density at radius 2 is 1.80 bits per heavy atom. The Kier molecular flexibility index (Phi) is 4.42. The summed E-state index contributed by atoms with van der Waals surface area (Å²) in [7, 11) is 0. The Balaban J connectivity index is 1.90. The second-order valence-corrected chi connectivity index (χ2v) is 5.72. The van der Waals surface area contributed by atoms with Crippen molar-refractivity contribution in [3.63, 3.8) is 0 Å². The second kappa shape index (κ2) is 5.76. The van der Waals surface area contributed by atoms with Gasteiger partial charge in [0.25, 0.3) is 0 Å². The van der Waals surface area contributed by atoms with Crippen LogP contribution >= 0.6 is 0 Å². The zero-order valence-corrected chi connectivity index (χ0v) is 12.0. The predicted molar refractivity (Wildman–Crippen MR) is 69.3 cm³/mol. The van der Waals surface area contributed by atoms with Crippen molar-refractivity contribution in [2.75, 3.05) is 0 Å². The molecular weight excluding hydrogens is 269 g/mol. The molecule has 6 heteroatoms. The Bertz CT molecular complexity index is 428. The van der Waals surface area contributed by atoms with Crippen LogP contribution in [0.4, 0.5) is 13.2 Å². The lowest BCUT2D eigenvalue weighted by atomic mass is 9.85. The van der Waals surface area contributed by atoms with Crippen LogP contribution in [0, 0.1) is 19.8 Å². The fourth-order valence-electron chi connectivity index (χ4n) is 3.13. The van der Waals surface area contributed by atoms with Gasteiger partial charge in [0.1, 0.15) is 5.76 Å². The number of hydrogen-bond donors (Lipinski definition) is 1. The van der Waals surface area contributed by atoms with Crippen molar-refractivity contribution in [3.05, 3.63) is 17.0 Å². The third-order valence-electron chi connectivity index (χ3n) is 4.20. The van der Waals surface area contributed by atoms with Crippen LogP contribution in [0.1, 0.15) is 55.7 Å². The van der Waals surface area contributed by atoms with Crippen LogP contribution in [0.15, 0.2) is 4.52 Å². The number of aromatic nitrogens is 1. The monoisotopic (exact) mass is 290 g/mol. The minimum absolute atomic E-state index is 0.0497. The number of nitrogens with zero attached hydrogens (tertiary/aromatic N) is 1. The van der Waals surface area contributed by atoms with Gasteiger partial charge >= 0.3 is 6.18 Å². The zero-order chi connectivity index (χ0) is 14.9. The summed E-state index contributed by atoms with van der Waals surface area (Å²) in [5.41, 5.74) is 1.86. The number of hydrogen-bond acceptors (Lipinski definition) is 3. The molecule has 1 aliphatic rings. The smallest absolute Gasteiger partial charge is 0.361 e. The summed E-state index contributed by atoms with van der Waals surface area (Å²) in [4.78, 5) is 0. The molecule has 3 nitrogen and oxygen atoms in total. The highest BCUT2D eigenvalue weighted by atomic mass is 19.4. The minimum Gasteiger partial charge on any atom is -0.361 e. The highest BCUT2D eigenvalue weighted by molar-refractivity contribution is 5.24. The summed E-state index contributed by atoms with van der Waals surface area (Å²) in [5.74, 6) is -0.360. The summed E-state index contributed by atoms with van der Waals surface area (Å²) in [5, 5.41) is 7.32. The summed E-state index contributed by atoms with van der Waals surface area (Å²) in [6.45, 7) is 5.74. The van der Waals surface area contributed by atoms with Gasteiger partial charge in [0.2, 0.25) is 0 Å². The minimum atomic E-state index is -4.04. The van der Waals surface area contributed by atoms with E-state index in [1.54, 1.807) is 0 Å². The van der Waals surface area contributed by atoms with Gasteiger partial charge in [-0.2, -0.15) is 13.2 Å². The number of nitrogens with one attached hydrogen (secondary N) is 1. The van der Waals surface area contributed by atoms with E-state index in [1.807, 2.05) is 20.8 Å². The molecule has 0 saturated heterocycles. The van der Waals surface area contributed by atoms with Gasteiger partial charge in [0.15, 0.2) is 0 Å². The molecule has 1 unspecified atom stereocenters. The molecule has 1 atom stereocenters. The molecule has 1 N–H and O–H groups in total. The van der Waals surface area contributed by atoms with Gasteiger partial charge in [-0.1, -0.05) is 5.16 Å². The molecule has 20 heavy (non-hydrogen) atoms. The fraction of sp³-hybridized carbons (Fsp3) is 0.786. The van der Waals surface area contributed by atoms with E-state index in [2.05, 4.69) is 10.5 Å². The molecule has 1 saturated carbocycles. The molecule has 2 rings (SSSR count). The van der Waals surface area contributed by atoms with Crippen LogP contribution in [-0.4, -0.2) is 17.4 Å². The molecule has 0 aliphatic heterocycles. The third kappa shape index (κ3) is 3.34. The highest BCUT2D eigenvalue weighted by Crippen LogP contribution is 2.38. The highest BCUT2D eigenvalue weighted by Gasteiger charge is 2.41. The molecule has 0 amide bonds. The lowest BCUT2D eigenvalue weighted by Crippen LogP contribution is -2.38. The van der Waals surface area contributed by atoms with Crippen LogP contribution in [0.2, 0.25) is 0 Å². The Morgan fingerprint density at radius 3 is 2.25 bits per heavy atom. The Morgan fingerprint density at radius 1 is 1.20 bits per heavy atom. The van der Waals surface area contributed by atoms with Crippen molar-refractivity contribution in [3.8, 4) is 0 Å².